The van der Waals surface area contributed by atoms with Crippen molar-refractivity contribution < 1.29 is 13.3 Å². The van der Waals surface area contributed by atoms with E-state index in [0.29, 0.717) is 16.5 Å². The van der Waals surface area contributed by atoms with Gasteiger partial charge in [-0.25, -0.2) is 0 Å². The number of unbranched alkanes of at least 4 members (excludes halogenated alkanes) is 2. The Morgan fingerprint density at radius 1 is 1.08 bits per heavy atom. The minimum atomic E-state index is -0.443. The fraction of sp³-hybridized carbons (Fsp3) is 0.368. The third kappa shape index (κ3) is 5.91. The number of hydrogen-bond acceptors (Lipinski definition) is 3. The van der Waals surface area contributed by atoms with E-state index in [1.165, 1.54) is 24.9 Å². The summed E-state index contributed by atoms with van der Waals surface area (Å²) >= 11 is 7.73. The molecular formula is C19H22ClFO2S. The van der Waals surface area contributed by atoms with Crippen LogP contribution in [0.5, 0.6) is 17.2 Å². The molecule has 5 heteroatoms. The molecule has 2 aromatic carbocycles. The number of alkyl halides is 1. The maximum Gasteiger partial charge on any atom is 0.146 e. The fourth-order valence-electron chi connectivity index (χ4n) is 2.17. The zero-order valence-corrected chi connectivity index (χ0v) is 15.3. The second-order valence-corrected chi connectivity index (χ2v) is 6.55. The van der Waals surface area contributed by atoms with Crippen LogP contribution in [0.4, 0.5) is 4.39 Å². The van der Waals surface area contributed by atoms with Gasteiger partial charge in [0, 0.05) is 18.2 Å². The molecular weight excluding hydrogens is 347 g/mol. The smallest absolute Gasteiger partial charge is 0.146 e. The van der Waals surface area contributed by atoms with Gasteiger partial charge in [-0.15, -0.1) is 0 Å². The quantitative estimate of drug-likeness (QED) is 0.337. The zero-order valence-electron chi connectivity index (χ0n) is 13.8. The minimum Gasteiger partial charge on any atom is -0.456 e. The van der Waals surface area contributed by atoms with Crippen LogP contribution >= 0.6 is 23.6 Å². The number of aryl methyl sites for hydroxylation is 1. The Bertz CT molecular complexity index is 637. The van der Waals surface area contributed by atoms with E-state index in [9.17, 15) is 4.39 Å². The minimum absolute atomic E-state index is 0.285. The largest absolute Gasteiger partial charge is 0.456 e. The highest BCUT2D eigenvalue weighted by Gasteiger charge is 2.09. The molecule has 0 atom stereocenters. The molecule has 0 spiro atoms. The monoisotopic (exact) mass is 368 g/mol. The molecule has 130 valence electrons. The number of rotatable bonds is 10. The summed E-state index contributed by atoms with van der Waals surface area (Å²) in [5.74, 6) is 2.87. The van der Waals surface area contributed by atoms with E-state index < -0.39 is 6.67 Å². The summed E-state index contributed by atoms with van der Waals surface area (Å²) in [6.45, 7) is 1.74. The number of ether oxygens (including phenoxy) is 1. The Hall–Kier alpha value is -1.39. The first-order valence-corrected chi connectivity index (χ1v) is 9.44. The van der Waals surface area contributed by atoms with E-state index in [-0.39, 0.29) is 6.42 Å². The van der Waals surface area contributed by atoms with Crippen LogP contribution in [-0.4, -0.2) is 12.4 Å². The highest BCUT2D eigenvalue weighted by Crippen LogP contribution is 2.34. The normalized spacial score (nSPS) is 10.6. The summed E-state index contributed by atoms with van der Waals surface area (Å²) in [7, 11) is 0. The Morgan fingerprint density at radius 3 is 2.67 bits per heavy atom. The van der Waals surface area contributed by atoms with E-state index in [1.807, 2.05) is 30.3 Å². The maximum atomic E-state index is 12.5. The van der Waals surface area contributed by atoms with Crippen LogP contribution in [0.3, 0.4) is 0 Å². The average Bonchev–Trinajstić information content (AvgIpc) is 2.59. The molecule has 0 amide bonds. The van der Waals surface area contributed by atoms with Gasteiger partial charge in [0.2, 0.25) is 0 Å². The van der Waals surface area contributed by atoms with Gasteiger partial charge in [0.05, 0.1) is 23.7 Å². The molecule has 0 aromatic heterocycles. The van der Waals surface area contributed by atoms with Crippen molar-refractivity contribution in [2.24, 2.45) is 0 Å². The first-order chi connectivity index (χ1) is 11.7. The first-order valence-electron chi connectivity index (χ1n) is 8.15. The van der Waals surface area contributed by atoms with E-state index in [1.54, 1.807) is 12.1 Å². The van der Waals surface area contributed by atoms with Gasteiger partial charge in [-0.2, -0.15) is 0 Å². The molecule has 0 aliphatic carbocycles. The van der Waals surface area contributed by atoms with Crippen LogP contribution in [0.2, 0.25) is 5.02 Å². The van der Waals surface area contributed by atoms with Gasteiger partial charge in [-0.05, 0) is 30.2 Å². The lowest BCUT2D eigenvalue weighted by molar-refractivity contribution is 0.475. The lowest BCUT2D eigenvalue weighted by Gasteiger charge is -2.11. The highest BCUT2D eigenvalue weighted by molar-refractivity contribution is 7.95. The summed E-state index contributed by atoms with van der Waals surface area (Å²) in [6.07, 6.45) is 3.85. The molecule has 2 nitrogen and oxygen atoms in total. The lowest BCUT2D eigenvalue weighted by Crippen LogP contribution is -1.92. The van der Waals surface area contributed by atoms with Gasteiger partial charge in [0.1, 0.15) is 17.2 Å². The van der Waals surface area contributed by atoms with Crippen molar-refractivity contribution in [1.82, 2.24) is 0 Å². The van der Waals surface area contributed by atoms with Crippen LogP contribution in [0.1, 0.15) is 31.7 Å². The lowest BCUT2D eigenvalue weighted by atomic mass is 10.1. The van der Waals surface area contributed by atoms with Crippen molar-refractivity contribution in [1.29, 1.82) is 0 Å². The van der Waals surface area contributed by atoms with E-state index in [0.717, 1.165) is 23.5 Å². The zero-order chi connectivity index (χ0) is 17.2. The Kier molecular flexibility index (Phi) is 8.26. The molecule has 0 fully saturated rings. The third-order valence-electron chi connectivity index (χ3n) is 3.43. The van der Waals surface area contributed by atoms with Crippen molar-refractivity contribution in [3.05, 3.63) is 53.1 Å². The molecule has 0 saturated carbocycles. The van der Waals surface area contributed by atoms with Gasteiger partial charge in [0.15, 0.2) is 0 Å². The van der Waals surface area contributed by atoms with Crippen LogP contribution in [0, 0.1) is 0 Å². The Morgan fingerprint density at radius 2 is 1.88 bits per heavy atom. The summed E-state index contributed by atoms with van der Waals surface area (Å²) in [5.41, 5.74) is 0.746. The van der Waals surface area contributed by atoms with Crippen molar-refractivity contribution >= 4 is 23.6 Å². The SMILES string of the molecule is CCCCCSOc1cccc(Oc2cccc(CCF)c2Cl)c1. The Balaban J connectivity index is 1.98. The van der Waals surface area contributed by atoms with Crippen LogP contribution < -0.4 is 8.92 Å². The Labute approximate surface area is 152 Å². The summed E-state index contributed by atoms with van der Waals surface area (Å²) in [5, 5.41) is 0.454. The van der Waals surface area contributed by atoms with Gasteiger partial charge in [0.25, 0.3) is 0 Å². The molecule has 0 heterocycles. The molecule has 0 radical (unpaired) electrons. The van der Waals surface area contributed by atoms with E-state index in [2.05, 4.69) is 6.92 Å². The molecule has 0 aliphatic rings. The standard InChI is InChI=1S/C19H22ClFO2S/c1-2-3-4-13-24-23-17-9-6-8-16(14-17)22-18-10-5-7-15(11-12-21)19(18)20/h5-10,14H,2-4,11-13H2,1H3. The average molecular weight is 369 g/mol. The maximum absolute atomic E-state index is 12.5. The number of benzene rings is 2. The number of hydrogen-bond donors (Lipinski definition) is 0. The molecule has 0 aliphatic heterocycles. The molecule has 0 unspecified atom stereocenters. The summed E-state index contributed by atoms with van der Waals surface area (Å²) in [6, 6.07) is 12.8. The molecule has 0 N–H and O–H groups in total. The predicted octanol–water partition coefficient (Wildman–Crippen LogP) is 6.86. The van der Waals surface area contributed by atoms with Crippen LogP contribution in [0.15, 0.2) is 42.5 Å². The topological polar surface area (TPSA) is 18.5 Å². The second-order valence-electron chi connectivity index (χ2n) is 5.36. The van der Waals surface area contributed by atoms with Gasteiger partial charge in [-0.3, -0.25) is 4.39 Å². The number of halogens is 2. The molecule has 2 rings (SSSR count). The van der Waals surface area contributed by atoms with Gasteiger partial charge in [-0.1, -0.05) is 49.6 Å². The van der Waals surface area contributed by atoms with Crippen molar-refractivity contribution in [2.45, 2.75) is 32.6 Å². The third-order valence-corrected chi connectivity index (χ3v) is 4.62. The van der Waals surface area contributed by atoms with Crippen molar-refractivity contribution in [2.75, 3.05) is 12.4 Å². The summed E-state index contributed by atoms with van der Waals surface area (Å²) < 4.78 is 24.1. The molecule has 2 aromatic rings. The predicted molar refractivity (Wildman–Crippen MR) is 100 cm³/mol. The molecule has 0 bridgehead atoms. The summed E-state index contributed by atoms with van der Waals surface area (Å²) in [4.78, 5) is 0. The highest BCUT2D eigenvalue weighted by atomic mass is 35.5. The second kappa shape index (κ2) is 10.5. The fourth-order valence-corrected chi connectivity index (χ4v) is 3.07. The van der Waals surface area contributed by atoms with Crippen molar-refractivity contribution in [3.8, 4) is 17.2 Å². The van der Waals surface area contributed by atoms with Gasteiger partial charge < -0.3 is 8.92 Å². The van der Waals surface area contributed by atoms with E-state index >= 15 is 0 Å². The first kappa shape index (κ1) is 18.9. The van der Waals surface area contributed by atoms with E-state index in [4.69, 9.17) is 20.5 Å². The molecule has 0 saturated heterocycles. The van der Waals surface area contributed by atoms with Crippen LogP contribution in [0.25, 0.3) is 0 Å². The van der Waals surface area contributed by atoms with Crippen molar-refractivity contribution in [3.63, 3.8) is 0 Å². The molecule has 24 heavy (non-hydrogen) atoms. The van der Waals surface area contributed by atoms with Crippen LogP contribution in [-0.2, 0) is 6.42 Å². The van der Waals surface area contributed by atoms with Gasteiger partial charge >= 0.3 is 0 Å².